The number of benzene rings is 1. The normalized spacial score (nSPS) is 23.0. The Bertz CT molecular complexity index is 753. The largest absolute Gasteiger partial charge is 0.496 e. The molecule has 3 rings (SSSR count). The summed E-state index contributed by atoms with van der Waals surface area (Å²) in [4.78, 5) is 13.5. The molecule has 1 amide bonds. The van der Waals surface area contributed by atoms with Crippen molar-refractivity contribution in [3.8, 4) is 5.75 Å². The van der Waals surface area contributed by atoms with Crippen molar-refractivity contribution in [2.45, 2.75) is 51.2 Å². The number of alkyl halides is 2. The molecule has 0 spiro atoms. The Morgan fingerprint density at radius 3 is 2.26 bits per heavy atom. The van der Waals surface area contributed by atoms with Crippen LogP contribution in [-0.2, 0) is 9.31 Å². The first kappa shape index (κ1) is 20.0. The fraction of sp³-hybridized carbons (Fsp3) is 0.611. The van der Waals surface area contributed by atoms with E-state index >= 15 is 0 Å². The highest BCUT2D eigenvalue weighted by atomic mass is 19.3. The van der Waals surface area contributed by atoms with Gasteiger partial charge in [0, 0.05) is 13.0 Å². The second-order valence-electron chi connectivity index (χ2n) is 8.00. The van der Waals surface area contributed by atoms with Crippen molar-refractivity contribution in [3.63, 3.8) is 0 Å². The van der Waals surface area contributed by atoms with Crippen molar-refractivity contribution in [1.29, 1.82) is 0 Å². The minimum absolute atomic E-state index is 0.0417. The van der Waals surface area contributed by atoms with E-state index in [2.05, 4.69) is 0 Å². The van der Waals surface area contributed by atoms with Gasteiger partial charge in [0.05, 0.1) is 24.9 Å². The van der Waals surface area contributed by atoms with Crippen molar-refractivity contribution in [2.75, 3.05) is 20.2 Å². The van der Waals surface area contributed by atoms with Crippen LogP contribution in [0.2, 0.25) is 0 Å². The van der Waals surface area contributed by atoms with Crippen molar-refractivity contribution < 1.29 is 32.0 Å². The summed E-state index contributed by atoms with van der Waals surface area (Å²) in [5.74, 6) is -4.68. The standard InChI is InChI=1S/C18H23BF3NO4/c1-16(2)17(3,4)27-19(26-16)11-8-12(20)14(13(9-11)25-5)15(24)23-7-6-18(21,22)10-23/h8-9H,6-7,10H2,1-5H3. The Morgan fingerprint density at radius 1 is 1.19 bits per heavy atom. The lowest BCUT2D eigenvalue weighted by Gasteiger charge is -2.32. The van der Waals surface area contributed by atoms with Crippen LogP contribution in [0.1, 0.15) is 44.5 Å². The summed E-state index contributed by atoms with van der Waals surface area (Å²) in [6, 6.07) is 2.58. The van der Waals surface area contributed by atoms with E-state index < -0.39 is 48.9 Å². The van der Waals surface area contributed by atoms with Gasteiger partial charge in [0.1, 0.15) is 17.1 Å². The summed E-state index contributed by atoms with van der Waals surface area (Å²) >= 11 is 0. The lowest BCUT2D eigenvalue weighted by atomic mass is 9.78. The molecule has 2 aliphatic heterocycles. The third-order valence-corrected chi connectivity index (χ3v) is 5.49. The molecule has 2 saturated heterocycles. The molecule has 1 aromatic rings. The van der Waals surface area contributed by atoms with E-state index in [0.717, 1.165) is 11.0 Å². The predicted molar refractivity (Wildman–Crippen MR) is 94.1 cm³/mol. The summed E-state index contributed by atoms with van der Waals surface area (Å²) in [5.41, 5.74) is -1.24. The first-order valence-corrected chi connectivity index (χ1v) is 8.77. The molecule has 5 nitrogen and oxygen atoms in total. The van der Waals surface area contributed by atoms with Gasteiger partial charge in [-0.3, -0.25) is 4.79 Å². The Labute approximate surface area is 156 Å². The van der Waals surface area contributed by atoms with E-state index in [1.54, 1.807) is 0 Å². The van der Waals surface area contributed by atoms with Crippen LogP contribution in [0.5, 0.6) is 5.75 Å². The maximum atomic E-state index is 14.8. The number of methoxy groups -OCH3 is 1. The number of hydrogen-bond acceptors (Lipinski definition) is 4. The van der Waals surface area contributed by atoms with Crippen molar-refractivity contribution >= 4 is 18.5 Å². The molecule has 2 aliphatic rings. The molecular weight excluding hydrogens is 362 g/mol. The Balaban J connectivity index is 1.92. The first-order valence-electron chi connectivity index (χ1n) is 8.77. The summed E-state index contributed by atoms with van der Waals surface area (Å²) in [6.45, 7) is 6.61. The lowest BCUT2D eigenvalue weighted by molar-refractivity contribution is 0.00578. The molecular formula is C18H23BF3NO4. The topological polar surface area (TPSA) is 48.0 Å². The third kappa shape index (κ3) is 3.54. The molecule has 0 aromatic heterocycles. The van der Waals surface area contributed by atoms with Crippen LogP contribution in [0.25, 0.3) is 0 Å². The zero-order chi connectivity index (χ0) is 20.2. The smallest absolute Gasteiger partial charge is 0.495 e. The molecule has 27 heavy (non-hydrogen) atoms. The zero-order valence-electron chi connectivity index (χ0n) is 16.1. The summed E-state index contributed by atoms with van der Waals surface area (Å²) < 4.78 is 58.6. The number of amides is 1. The maximum Gasteiger partial charge on any atom is 0.495 e. The van der Waals surface area contributed by atoms with Gasteiger partial charge in [0.2, 0.25) is 0 Å². The molecule has 0 aliphatic carbocycles. The van der Waals surface area contributed by atoms with Gasteiger partial charge in [-0.15, -0.1) is 0 Å². The van der Waals surface area contributed by atoms with E-state index in [0.29, 0.717) is 5.46 Å². The van der Waals surface area contributed by atoms with Crippen LogP contribution in [-0.4, -0.2) is 55.2 Å². The summed E-state index contributed by atoms with van der Waals surface area (Å²) in [6.07, 6.45) is -0.436. The van der Waals surface area contributed by atoms with Crippen LogP contribution in [0.3, 0.4) is 0 Å². The second-order valence-corrected chi connectivity index (χ2v) is 8.00. The molecule has 0 bridgehead atoms. The number of likely N-dealkylation sites (tertiary alicyclic amines) is 1. The Kier molecular flexibility index (Phi) is 4.75. The van der Waals surface area contributed by atoms with E-state index in [9.17, 15) is 18.0 Å². The fourth-order valence-corrected chi connectivity index (χ4v) is 3.15. The number of carbonyl (C=O) groups excluding carboxylic acids is 1. The van der Waals surface area contributed by atoms with Crippen LogP contribution < -0.4 is 10.2 Å². The fourth-order valence-electron chi connectivity index (χ4n) is 3.15. The number of nitrogens with zero attached hydrogens (tertiary/aromatic N) is 1. The molecule has 0 unspecified atom stereocenters. The zero-order valence-corrected chi connectivity index (χ0v) is 16.1. The number of rotatable bonds is 3. The van der Waals surface area contributed by atoms with Gasteiger partial charge in [-0.2, -0.15) is 0 Å². The van der Waals surface area contributed by atoms with Crippen molar-refractivity contribution in [2.24, 2.45) is 0 Å². The molecule has 0 saturated carbocycles. The monoisotopic (exact) mass is 385 g/mol. The summed E-state index contributed by atoms with van der Waals surface area (Å²) in [5, 5.41) is 0. The van der Waals surface area contributed by atoms with Crippen LogP contribution in [0, 0.1) is 5.82 Å². The maximum absolute atomic E-state index is 14.8. The minimum Gasteiger partial charge on any atom is -0.496 e. The lowest BCUT2D eigenvalue weighted by Crippen LogP contribution is -2.41. The second kappa shape index (κ2) is 6.41. The number of ether oxygens (including phenoxy) is 1. The van der Waals surface area contributed by atoms with Crippen molar-refractivity contribution in [1.82, 2.24) is 4.90 Å². The van der Waals surface area contributed by atoms with Crippen LogP contribution in [0.4, 0.5) is 13.2 Å². The average Bonchev–Trinajstić information content (AvgIpc) is 3.02. The molecule has 2 fully saturated rings. The molecule has 0 radical (unpaired) electrons. The Morgan fingerprint density at radius 2 is 1.78 bits per heavy atom. The van der Waals surface area contributed by atoms with Crippen LogP contribution >= 0.6 is 0 Å². The van der Waals surface area contributed by atoms with E-state index in [4.69, 9.17) is 14.0 Å². The average molecular weight is 385 g/mol. The number of carbonyl (C=O) groups is 1. The highest BCUT2D eigenvalue weighted by molar-refractivity contribution is 6.62. The van der Waals surface area contributed by atoms with Gasteiger partial charge in [-0.1, -0.05) is 0 Å². The van der Waals surface area contributed by atoms with Gasteiger partial charge >= 0.3 is 7.12 Å². The quantitative estimate of drug-likeness (QED) is 0.751. The number of hydrogen-bond donors (Lipinski definition) is 0. The third-order valence-electron chi connectivity index (χ3n) is 5.49. The van der Waals surface area contributed by atoms with E-state index in [1.807, 2.05) is 27.7 Å². The highest BCUT2D eigenvalue weighted by Crippen LogP contribution is 2.37. The predicted octanol–water partition coefficient (Wildman–Crippen LogP) is 2.61. The van der Waals surface area contributed by atoms with E-state index in [1.165, 1.54) is 13.2 Å². The van der Waals surface area contributed by atoms with E-state index in [-0.39, 0.29) is 17.9 Å². The molecule has 148 valence electrons. The van der Waals surface area contributed by atoms with Gasteiger partial charge in [0.25, 0.3) is 11.8 Å². The molecule has 9 heteroatoms. The van der Waals surface area contributed by atoms with Crippen molar-refractivity contribution in [3.05, 3.63) is 23.5 Å². The van der Waals surface area contributed by atoms with Gasteiger partial charge in [-0.25, -0.2) is 13.2 Å². The first-order chi connectivity index (χ1) is 12.4. The Hall–Kier alpha value is -1.74. The minimum atomic E-state index is -2.96. The highest BCUT2D eigenvalue weighted by Gasteiger charge is 2.52. The molecule has 2 heterocycles. The van der Waals surface area contributed by atoms with Crippen LogP contribution in [0.15, 0.2) is 12.1 Å². The van der Waals surface area contributed by atoms with Gasteiger partial charge in [-0.05, 0) is 45.3 Å². The van der Waals surface area contributed by atoms with Gasteiger partial charge in [0.15, 0.2) is 0 Å². The SMILES string of the molecule is COc1cc(B2OC(C)(C)C(C)(C)O2)cc(F)c1C(=O)N1CCC(F)(F)C1. The van der Waals surface area contributed by atoms with Gasteiger partial charge < -0.3 is 18.9 Å². The summed E-state index contributed by atoms with van der Waals surface area (Å²) in [7, 11) is 0.455. The molecule has 0 N–H and O–H groups in total. The molecule has 0 atom stereocenters. The number of halogens is 3. The molecule has 1 aromatic carbocycles.